The van der Waals surface area contributed by atoms with E-state index in [2.05, 4.69) is 10.6 Å². The predicted molar refractivity (Wildman–Crippen MR) is 133 cm³/mol. The highest BCUT2D eigenvalue weighted by molar-refractivity contribution is 7.98. The highest BCUT2D eigenvalue weighted by Crippen LogP contribution is 2.25. The number of nitrogens with zero attached hydrogens (tertiary/aromatic N) is 1. The third kappa shape index (κ3) is 7.68. The van der Waals surface area contributed by atoms with Crippen LogP contribution in [0.15, 0.2) is 24.3 Å². The number of carboxylic acids is 1. The number of carbonyl (C=O) groups is 4. The molecule has 4 atom stereocenters. The normalized spacial score (nSPS) is 17.8. The molecule has 35 heavy (non-hydrogen) atoms. The van der Waals surface area contributed by atoms with Gasteiger partial charge >= 0.3 is 5.97 Å². The number of hydrogen-bond donors (Lipinski definition) is 5. The van der Waals surface area contributed by atoms with Crippen LogP contribution in [0.5, 0.6) is 0 Å². The number of aliphatic carboxylic acids is 1. The molecule has 3 amide bonds. The second-order valence-electron chi connectivity index (χ2n) is 8.98. The number of fused-ring (bicyclic) bond motifs is 1. The maximum Gasteiger partial charge on any atom is 0.326 e. The Morgan fingerprint density at radius 2 is 1.80 bits per heavy atom. The molecule has 11 heteroatoms. The molecule has 0 fully saturated rings. The van der Waals surface area contributed by atoms with Gasteiger partial charge in [0.1, 0.15) is 18.1 Å². The summed E-state index contributed by atoms with van der Waals surface area (Å²) < 4.78 is 0. The van der Waals surface area contributed by atoms with Crippen LogP contribution in [0.4, 0.5) is 0 Å². The lowest BCUT2D eigenvalue weighted by atomic mass is 9.91. The Morgan fingerprint density at radius 1 is 1.14 bits per heavy atom. The first-order valence-electron chi connectivity index (χ1n) is 11.7. The van der Waals surface area contributed by atoms with Gasteiger partial charge in [-0.3, -0.25) is 14.4 Å². The summed E-state index contributed by atoms with van der Waals surface area (Å²) in [4.78, 5) is 52.6. The maximum atomic E-state index is 13.7. The molecule has 0 bridgehead atoms. The zero-order valence-electron chi connectivity index (χ0n) is 20.4. The van der Waals surface area contributed by atoms with Gasteiger partial charge in [0, 0.05) is 19.6 Å². The highest BCUT2D eigenvalue weighted by atomic mass is 32.2. The van der Waals surface area contributed by atoms with Gasteiger partial charge in [0.25, 0.3) is 0 Å². The zero-order valence-corrected chi connectivity index (χ0v) is 21.2. The van der Waals surface area contributed by atoms with Crippen LogP contribution in [-0.2, 0) is 32.1 Å². The van der Waals surface area contributed by atoms with Crippen molar-refractivity contribution in [1.82, 2.24) is 15.5 Å². The van der Waals surface area contributed by atoms with E-state index in [1.807, 2.05) is 30.5 Å². The summed E-state index contributed by atoms with van der Waals surface area (Å²) in [5, 5.41) is 23.9. The van der Waals surface area contributed by atoms with Gasteiger partial charge in [-0.15, -0.1) is 0 Å². The number of nitrogens with one attached hydrogen (secondary N) is 2. The molecule has 2 rings (SSSR count). The SMILES string of the molecule is CSCC[C@H](NC(=O)[C@H]1Cc2ccccc2CN1C(=O)[C@@H](NC(=O)[C@H](N)CCO)C(C)C)C(=O)O. The van der Waals surface area contributed by atoms with Gasteiger partial charge in [0.2, 0.25) is 17.7 Å². The van der Waals surface area contributed by atoms with Crippen LogP contribution in [0.2, 0.25) is 0 Å². The topological polar surface area (TPSA) is 162 Å². The summed E-state index contributed by atoms with van der Waals surface area (Å²) in [5.41, 5.74) is 7.59. The van der Waals surface area contributed by atoms with E-state index in [1.165, 1.54) is 16.7 Å². The summed E-state index contributed by atoms with van der Waals surface area (Å²) in [6.07, 6.45) is 2.39. The Morgan fingerprint density at radius 3 is 2.37 bits per heavy atom. The Hall–Kier alpha value is -2.63. The molecule has 1 aromatic carbocycles. The first-order chi connectivity index (χ1) is 16.6. The largest absolute Gasteiger partial charge is 0.480 e. The molecule has 1 aliphatic heterocycles. The van der Waals surface area contributed by atoms with Crippen molar-refractivity contribution in [2.24, 2.45) is 11.7 Å². The fourth-order valence-electron chi connectivity index (χ4n) is 3.97. The van der Waals surface area contributed by atoms with E-state index in [0.29, 0.717) is 5.75 Å². The number of aliphatic hydroxyl groups is 1. The minimum absolute atomic E-state index is 0.0551. The standard InChI is InChI=1S/C24H36N4O6S/c1-14(2)20(27-21(30)17(25)8-10-29)23(32)28-13-16-7-5-4-6-15(16)12-19(28)22(31)26-18(24(33)34)9-11-35-3/h4-7,14,17-20,29H,8-13,25H2,1-3H3,(H,26,31)(H,27,30)(H,33,34)/t17-,18+,19-,20+/m1/s1. The summed E-state index contributed by atoms with van der Waals surface area (Å²) in [5.74, 6) is -2.44. The van der Waals surface area contributed by atoms with Crippen LogP contribution in [0.25, 0.3) is 0 Å². The number of aliphatic hydroxyl groups excluding tert-OH is 1. The molecule has 0 aliphatic carbocycles. The summed E-state index contributed by atoms with van der Waals surface area (Å²) in [6, 6.07) is 3.54. The fraction of sp³-hybridized carbons (Fsp3) is 0.583. The van der Waals surface area contributed by atoms with Crippen molar-refractivity contribution in [3.63, 3.8) is 0 Å². The van der Waals surface area contributed by atoms with Crippen LogP contribution < -0.4 is 16.4 Å². The summed E-state index contributed by atoms with van der Waals surface area (Å²) >= 11 is 1.48. The van der Waals surface area contributed by atoms with E-state index in [-0.39, 0.29) is 38.3 Å². The second kappa shape index (κ2) is 13.5. The number of amides is 3. The van der Waals surface area contributed by atoms with Crippen molar-refractivity contribution in [2.75, 3.05) is 18.6 Å². The molecule has 1 heterocycles. The molecule has 0 saturated heterocycles. The molecule has 0 saturated carbocycles. The van der Waals surface area contributed by atoms with Crippen molar-refractivity contribution in [2.45, 2.75) is 63.8 Å². The lowest BCUT2D eigenvalue weighted by molar-refractivity contribution is -0.147. The van der Waals surface area contributed by atoms with Crippen molar-refractivity contribution in [3.05, 3.63) is 35.4 Å². The van der Waals surface area contributed by atoms with E-state index >= 15 is 0 Å². The van der Waals surface area contributed by atoms with Crippen molar-refractivity contribution >= 4 is 35.5 Å². The van der Waals surface area contributed by atoms with E-state index in [0.717, 1.165) is 11.1 Å². The molecule has 0 aromatic heterocycles. The lowest BCUT2D eigenvalue weighted by Crippen LogP contribution is -2.61. The van der Waals surface area contributed by atoms with Gasteiger partial charge < -0.3 is 31.5 Å². The van der Waals surface area contributed by atoms with Crippen LogP contribution >= 0.6 is 11.8 Å². The van der Waals surface area contributed by atoms with Gasteiger partial charge in [-0.2, -0.15) is 11.8 Å². The molecule has 0 spiro atoms. The molecular formula is C24H36N4O6S. The number of rotatable bonds is 12. The fourth-order valence-corrected chi connectivity index (χ4v) is 4.44. The molecule has 10 nitrogen and oxygen atoms in total. The van der Waals surface area contributed by atoms with Crippen molar-refractivity contribution < 1.29 is 29.4 Å². The Balaban J connectivity index is 2.33. The smallest absolute Gasteiger partial charge is 0.326 e. The number of hydrogen-bond acceptors (Lipinski definition) is 7. The van der Waals surface area contributed by atoms with E-state index < -0.39 is 47.9 Å². The molecule has 194 valence electrons. The van der Waals surface area contributed by atoms with E-state index in [9.17, 15) is 24.3 Å². The summed E-state index contributed by atoms with van der Waals surface area (Å²) in [7, 11) is 0. The number of carboxylic acid groups (broad SMARTS) is 1. The van der Waals surface area contributed by atoms with Crippen LogP contribution in [-0.4, -0.2) is 81.6 Å². The minimum atomic E-state index is -1.13. The number of thioether (sulfide) groups is 1. The highest BCUT2D eigenvalue weighted by Gasteiger charge is 2.40. The number of benzene rings is 1. The first-order valence-corrected chi connectivity index (χ1v) is 13.1. The van der Waals surface area contributed by atoms with Crippen LogP contribution in [0.1, 0.15) is 37.8 Å². The average molecular weight is 509 g/mol. The molecule has 6 N–H and O–H groups in total. The quantitative estimate of drug-likeness (QED) is 0.266. The van der Waals surface area contributed by atoms with Gasteiger partial charge in [-0.25, -0.2) is 4.79 Å². The van der Waals surface area contributed by atoms with Gasteiger partial charge in [-0.05, 0) is 41.9 Å². The number of carbonyl (C=O) groups excluding carboxylic acids is 3. The molecule has 0 unspecified atom stereocenters. The Labute approximate surface area is 210 Å². The maximum absolute atomic E-state index is 13.7. The van der Waals surface area contributed by atoms with Gasteiger partial charge in [-0.1, -0.05) is 38.1 Å². The second-order valence-corrected chi connectivity index (χ2v) is 9.97. The molecular weight excluding hydrogens is 472 g/mol. The summed E-state index contributed by atoms with van der Waals surface area (Å²) in [6.45, 7) is 3.44. The van der Waals surface area contributed by atoms with Gasteiger partial charge in [0.05, 0.1) is 6.04 Å². The number of nitrogens with two attached hydrogens (primary N) is 1. The van der Waals surface area contributed by atoms with Crippen molar-refractivity contribution in [1.29, 1.82) is 0 Å². The first kappa shape index (κ1) is 28.6. The van der Waals surface area contributed by atoms with E-state index in [1.54, 1.807) is 13.8 Å². The Bertz CT molecular complexity index is 912. The molecule has 0 radical (unpaired) electrons. The average Bonchev–Trinajstić information content (AvgIpc) is 2.83. The molecule has 1 aliphatic rings. The lowest BCUT2D eigenvalue weighted by Gasteiger charge is -2.39. The van der Waals surface area contributed by atoms with Crippen LogP contribution in [0.3, 0.4) is 0 Å². The third-order valence-corrected chi connectivity index (χ3v) is 6.71. The minimum Gasteiger partial charge on any atom is -0.480 e. The van der Waals surface area contributed by atoms with Crippen LogP contribution in [0, 0.1) is 5.92 Å². The van der Waals surface area contributed by atoms with Crippen molar-refractivity contribution in [3.8, 4) is 0 Å². The van der Waals surface area contributed by atoms with E-state index in [4.69, 9.17) is 10.8 Å². The molecule has 1 aromatic rings. The third-order valence-electron chi connectivity index (χ3n) is 6.07. The van der Waals surface area contributed by atoms with Gasteiger partial charge in [0.15, 0.2) is 0 Å². The monoisotopic (exact) mass is 508 g/mol. The predicted octanol–water partition coefficient (Wildman–Crippen LogP) is 0.113. The Kier molecular flexibility index (Phi) is 11.0. The zero-order chi connectivity index (χ0) is 26.1.